The molecular formula is C28H28O4. The molecule has 0 amide bonds. The quantitative estimate of drug-likeness (QED) is 0.267. The van der Waals surface area contributed by atoms with Crippen molar-refractivity contribution in [3.63, 3.8) is 0 Å². The highest BCUT2D eigenvalue weighted by atomic mass is 17.3. The summed E-state index contributed by atoms with van der Waals surface area (Å²) in [4.78, 5) is 11.9. The third kappa shape index (κ3) is 2.18. The van der Waals surface area contributed by atoms with Crippen molar-refractivity contribution in [3.8, 4) is 5.75 Å². The maximum atomic E-state index is 10.9. The number of hydrogen-bond acceptors (Lipinski definition) is 4. The number of ether oxygens (including phenoxy) is 1. The lowest BCUT2D eigenvalue weighted by Crippen LogP contribution is -2.73. The van der Waals surface area contributed by atoms with Crippen LogP contribution in [0.4, 0.5) is 0 Å². The zero-order valence-corrected chi connectivity index (χ0v) is 19.2. The van der Waals surface area contributed by atoms with Crippen LogP contribution in [-0.4, -0.2) is 17.3 Å². The summed E-state index contributed by atoms with van der Waals surface area (Å²) in [5.41, 5.74) is -0.451. The Morgan fingerprint density at radius 3 is 2.25 bits per heavy atom. The Morgan fingerprint density at radius 2 is 1.53 bits per heavy atom. The molecule has 2 heterocycles. The first kappa shape index (κ1) is 20.0. The second-order valence-electron chi connectivity index (χ2n) is 10.9. The highest BCUT2D eigenvalue weighted by Crippen LogP contribution is 2.69. The summed E-state index contributed by atoms with van der Waals surface area (Å²) >= 11 is 0. The number of hydrogen-bond donors (Lipinski definition) is 1. The van der Waals surface area contributed by atoms with E-state index in [0.717, 1.165) is 32.5 Å². The molecular weight excluding hydrogens is 400 g/mol. The number of aromatic hydroxyl groups is 1. The Bertz CT molecular complexity index is 1410. The van der Waals surface area contributed by atoms with Gasteiger partial charge in [0, 0.05) is 16.4 Å². The van der Waals surface area contributed by atoms with Crippen molar-refractivity contribution >= 4 is 32.3 Å². The fourth-order valence-corrected chi connectivity index (χ4v) is 6.41. The monoisotopic (exact) mass is 428 g/mol. The van der Waals surface area contributed by atoms with Gasteiger partial charge in [-0.2, -0.15) is 4.89 Å². The largest absolute Gasteiger partial charge is 0.508 e. The van der Waals surface area contributed by atoms with Crippen LogP contribution in [0.25, 0.3) is 32.3 Å². The van der Waals surface area contributed by atoms with E-state index in [1.165, 1.54) is 5.39 Å². The third-order valence-electron chi connectivity index (χ3n) is 7.57. The molecule has 0 aliphatic carbocycles. The van der Waals surface area contributed by atoms with Crippen LogP contribution in [0.3, 0.4) is 0 Å². The van der Waals surface area contributed by atoms with Crippen LogP contribution in [0, 0.1) is 10.8 Å². The van der Waals surface area contributed by atoms with Gasteiger partial charge in [-0.1, -0.05) is 83.1 Å². The Hall–Kier alpha value is -2.66. The van der Waals surface area contributed by atoms with Gasteiger partial charge in [0.05, 0.1) is 6.61 Å². The van der Waals surface area contributed by atoms with Gasteiger partial charge in [-0.05, 0) is 44.5 Å². The maximum Gasteiger partial charge on any atom is 0.262 e. The molecule has 164 valence electrons. The molecule has 0 spiro atoms. The van der Waals surface area contributed by atoms with Crippen LogP contribution in [-0.2, 0) is 20.3 Å². The number of phenolic OH excluding ortho intramolecular Hbond substituents is 1. The second kappa shape index (κ2) is 6.02. The standard InChI is InChI=1S/C28H28O4/c1-25(2,3)28-26(4,5)16-30-27(28,31-32-28)23-15-19(29)14-22-21(23)13-12-18-11-10-17-8-6-7-9-20(17)24(18)22/h6-15,29H,16H2,1-5H3. The molecule has 4 aromatic rings. The summed E-state index contributed by atoms with van der Waals surface area (Å²) in [5.74, 6) is -0.904. The molecule has 4 heteroatoms. The molecule has 2 atom stereocenters. The third-order valence-corrected chi connectivity index (χ3v) is 7.57. The Morgan fingerprint density at radius 1 is 0.812 bits per heavy atom. The minimum atomic E-state index is -1.09. The zero-order chi connectivity index (χ0) is 22.5. The fourth-order valence-electron chi connectivity index (χ4n) is 6.41. The molecule has 2 fully saturated rings. The van der Waals surface area contributed by atoms with Gasteiger partial charge in [0.25, 0.3) is 5.79 Å². The fraction of sp³-hybridized carbons (Fsp3) is 0.357. The van der Waals surface area contributed by atoms with E-state index in [0.29, 0.717) is 6.61 Å². The van der Waals surface area contributed by atoms with E-state index in [1.807, 2.05) is 12.1 Å². The van der Waals surface area contributed by atoms with Crippen molar-refractivity contribution in [1.29, 1.82) is 0 Å². The van der Waals surface area contributed by atoms with Crippen LogP contribution in [0.5, 0.6) is 5.75 Å². The van der Waals surface area contributed by atoms with Crippen molar-refractivity contribution < 1.29 is 19.6 Å². The number of rotatable bonds is 1. The van der Waals surface area contributed by atoms with Gasteiger partial charge in [0.2, 0.25) is 0 Å². The molecule has 4 nitrogen and oxygen atoms in total. The Kier molecular flexibility index (Phi) is 3.76. The van der Waals surface area contributed by atoms with Crippen LogP contribution < -0.4 is 0 Å². The Labute approximate surface area is 187 Å². The first-order valence-electron chi connectivity index (χ1n) is 11.2. The van der Waals surface area contributed by atoms with Crippen LogP contribution in [0.15, 0.2) is 60.7 Å². The summed E-state index contributed by atoms with van der Waals surface area (Å²) in [6.07, 6.45) is 0. The molecule has 4 aromatic carbocycles. The Balaban J connectivity index is 1.74. The second-order valence-corrected chi connectivity index (χ2v) is 10.9. The lowest BCUT2D eigenvalue weighted by Gasteiger charge is -2.61. The van der Waals surface area contributed by atoms with E-state index in [-0.39, 0.29) is 16.6 Å². The van der Waals surface area contributed by atoms with Crippen molar-refractivity contribution in [2.45, 2.75) is 46.0 Å². The first-order chi connectivity index (χ1) is 15.1. The topological polar surface area (TPSA) is 47.9 Å². The molecule has 0 bridgehead atoms. The summed E-state index contributed by atoms with van der Waals surface area (Å²) in [6.45, 7) is 11.3. The normalized spacial score (nSPS) is 27.0. The van der Waals surface area contributed by atoms with Gasteiger partial charge in [-0.15, -0.1) is 0 Å². The van der Waals surface area contributed by atoms with Crippen molar-refractivity contribution in [2.24, 2.45) is 10.8 Å². The van der Waals surface area contributed by atoms with Crippen LogP contribution in [0.2, 0.25) is 0 Å². The number of fused-ring (bicyclic) bond motifs is 6. The van der Waals surface area contributed by atoms with Crippen LogP contribution >= 0.6 is 0 Å². The lowest BCUT2D eigenvalue weighted by molar-refractivity contribution is -0.626. The summed E-state index contributed by atoms with van der Waals surface area (Å²) in [7, 11) is 0. The van der Waals surface area contributed by atoms with E-state index in [9.17, 15) is 5.11 Å². The minimum Gasteiger partial charge on any atom is -0.508 e. The van der Waals surface area contributed by atoms with Gasteiger partial charge in [-0.25, -0.2) is 4.89 Å². The molecule has 6 rings (SSSR count). The minimum absolute atomic E-state index is 0.189. The molecule has 2 aliphatic rings. The summed E-state index contributed by atoms with van der Waals surface area (Å²) in [6, 6.07) is 20.5. The average Bonchev–Trinajstić information content (AvgIpc) is 2.87. The van der Waals surface area contributed by atoms with E-state index in [4.69, 9.17) is 14.5 Å². The molecule has 0 aromatic heterocycles. The van der Waals surface area contributed by atoms with Gasteiger partial charge in [-0.3, -0.25) is 0 Å². The molecule has 0 radical (unpaired) electrons. The highest BCUT2D eigenvalue weighted by Gasteiger charge is 2.81. The summed E-state index contributed by atoms with van der Waals surface area (Å²) < 4.78 is 6.48. The van der Waals surface area contributed by atoms with Gasteiger partial charge in [0.1, 0.15) is 5.75 Å². The number of benzene rings is 4. The molecule has 32 heavy (non-hydrogen) atoms. The smallest absolute Gasteiger partial charge is 0.262 e. The van der Waals surface area contributed by atoms with Crippen molar-refractivity contribution in [3.05, 3.63) is 66.2 Å². The molecule has 2 aliphatic heterocycles. The van der Waals surface area contributed by atoms with E-state index in [1.54, 1.807) is 6.07 Å². The number of phenols is 1. The van der Waals surface area contributed by atoms with E-state index >= 15 is 0 Å². The molecule has 2 unspecified atom stereocenters. The summed E-state index contributed by atoms with van der Waals surface area (Å²) in [5, 5.41) is 17.4. The highest BCUT2D eigenvalue weighted by molar-refractivity contribution is 6.20. The van der Waals surface area contributed by atoms with Gasteiger partial charge in [0.15, 0.2) is 5.60 Å². The van der Waals surface area contributed by atoms with E-state index < -0.39 is 11.4 Å². The first-order valence-corrected chi connectivity index (χ1v) is 11.2. The average molecular weight is 429 g/mol. The van der Waals surface area contributed by atoms with Crippen molar-refractivity contribution in [2.75, 3.05) is 6.61 Å². The zero-order valence-electron chi connectivity index (χ0n) is 19.2. The molecule has 1 N–H and O–H groups in total. The van der Waals surface area contributed by atoms with Gasteiger partial charge >= 0.3 is 0 Å². The lowest BCUT2D eigenvalue weighted by atomic mass is 9.57. The molecule has 2 saturated heterocycles. The maximum absolute atomic E-state index is 10.9. The van der Waals surface area contributed by atoms with Gasteiger partial charge < -0.3 is 9.84 Å². The predicted molar refractivity (Wildman–Crippen MR) is 126 cm³/mol. The van der Waals surface area contributed by atoms with Crippen LogP contribution in [0.1, 0.15) is 40.2 Å². The predicted octanol–water partition coefficient (Wildman–Crippen LogP) is 6.81. The molecule has 0 saturated carbocycles. The van der Waals surface area contributed by atoms with Crippen molar-refractivity contribution in [1.82, 2.24) is 0 Å². The van der Waals surface area contributed by atoms with E-state index in [2.05, 4.69) is 77.1 Å². The SMILES string of the molecule is CC(C)(C)C12OOC1(c1cc(O)cc3c1ccc1ccc4ccccc4c13)OCC2(C)C.